The van der Waals surface area contributed by atoms with E-state index in [1.165, 1.54) is 0 Å². The molecule has 7 heteroatoms. The summed E-state index contributed by atoms with van der Waals surface area (Å²) in [6, 6.07) is 6.72. The molecule has 0 bridgehead atoms. The van der Waals surface area contributed by atoms with Crippen LogP contribution in [0.5, 0.6) is 0 Å². The van der Waals surface area contributed by atoms with Crippen molar-refractivity contribution in [2.75, 3.05) is 31.1 Å². The van der Waals surface area contributed by atoms with Gasteiger partial charge < -0.3 is 20.3 Å². The number of benzene rings is 1. The molecule has 2 amide bonds. The molecule has 2 N–H and O–H groups in total. The van der Waals surface area contributed by atoms with E-state index in [2.05, 4.69) is 10.6 Å². The second-order valence-corrected chi connectivity index (χ2v) is 6.12. The van der Waals surface area contributed by atoms with Crippen LogP contribution in [0.4, 0.5) is 5.69 Å². The lowest BCUT2D eigenvalue weighted by Crippen LogP contribution is -2.56. The zero-order valence-corrected chi connectivity index (χ0v) is 13.5. The number of morpholine rings is 1. The van der Waals surface area contributed by atoms with E-state index >= 15 is 0 Å². The van der Waals surface area contributed by atoms with Gasteiger partial charge in [0.05, 0.1) is 17.3 Å². The van der Waals surface area contributed by atoms with Gasteiger partial charge in [0.15, 0.2) is 0 Å². The van der Waals surface area contributed by atoms with Gasteiger partial charge >= 0.3 is 0 Å². The molecule has 0 radical (unpaired) electrons. The number of ether oxygens (including phenoxy) is 1. The fourth-order valence-electron chi connectivity index (χ4n) is 2.92. The number of halogens is 1. The molecule has 0 spiro atoms. The largest absolute Gasteiger partial charge is 0.366 e. The molecule has 0 aromatic heterocycles. The number of para-hydroxylation sites is 1. The van der Waals surface area contributed by atoms with Gasteiger partial charge in [0.2, 0.25) is 5.91 Å². The number of nitrogens with one attached hydrogen (secondary N) is 2. The monoisotopic (exact) mass is 337 g/mol. The Bertz CT molecular complexity index is 590. The van der Waals surface area contributed by atoms with Crippen LogP contribution in [0, 0.1) is 0 Å². The number of carbonyl (C=O) groups is 2. The zero-order valence-electron chi connectivity index (χ0n) is 12.8. The number of anilines is 1. The van der Waals surface area contributed by atoms with E-state index in [0.717, 1.165) is 13.0 Å². The Labute approximate surface area is 140 Å². The number of carbonyl (C=O) groups excluding carboxylic acids is 2. The van der Waals surface area contributed by atoms with E-state index in [4.69, 9.17) is 16.3 Å². The number of amides is 2. The van der Waals surface area contributed by atoms with Gasteiger partial charge in [0.25, 0.3) is 5.91 Å². The van der Waals surface area contributed by atoms with Crippen molar-refractivity contribution >= 4 is 29.1 Å². The van der Waals surface area contributed by atoms with Crippen molar-refractivity contribution < 1.29 is 14.3 Å². The second kappa shape index (κ2) is 7.29. The fraction of sp³-hybridized carbons (Fsp3) is 0.500. The molecular formula is C16H20ClN3O3. The van der Waals surface area contributed by atoms with Gasteiger partial charge in [-0.1, -0.05) is 23.7 Å². The van der Waals surface area contributed by atoms with Crippen molar-refractivity contribution in [1.82, 2.24) is 10.6 Å². The number of hydrogen-bond acceptors (Lipinski definition) is 4. The summed E-state index contributed by atoms with van der Waals surface area (Å²) in [6.07, 6.45) is 0.907. The van der Waals surface area contributed by atoms with Crippen molar-refractivity contribution in [3.8, 4) is 0 Å². The highest BCUT2D eigenvalue weighted by molar-refractivity contribution is 6.33. The van der Waals surface area contributed by atoms with E-state index < -0.39 is 12.1 Å². The second-order valence-electron chi connectivity index (χ2n) is 5.71. The third-order valence-electron chi connectivity index (χ3n) is 4.12. The summed E-state index contributed by atoms with van der Waals surface area (Å²) in [5.41, 5.74) is 0.689. The Morgan fingerprint density at radius 2 is 2.22 bits per heavy atom. The van der Waals surface area contributed by atoms with E-state index in [1.54, 1.807) is 11.0 Å². The summed E-state index contributed by atoms with van der Waals surface area (Å²) in [7, 11) is 0. The topological polar surface area (TPSA) is 70.7 Å². The summed E-state index contributed by atoms with van der Waals surface area (Å²) in [5.74, 6) is -0.363. The van der Waals surface area contributed by atoms with Crippen LogP contribution in [0.1, 0.15) is 12.8 Å². The molecule has 2 fully saturated rings. The van der Waals surface area contributed by atoms with Gasteiger partial charge in [0, 0.05) is 19.6 Å². The quantitative estimate of drug-likeness (QED) is 0.861. The number of hydrogen-bond donors (Lipinski definition) is 2. The molecule has 0 saturated carbocycles. The smallest absolute Gasteiger partial charge is 0.251 e. The molecule has 3 rings (SSSR count). The van der Waals surface area contributed by atoms with E-state index in [9.17, 15) is 9.59 Å². The molecule has 6 nitrogen and oxygen atoms in total. The first-order valence-corrected chi connectivity index (χ1v) is 8.23. The number of piperidine rings is 1. The van der Waals surface area contributed by atoms with Gasteiger partial charge in [0.1, 0.15) is 12.1 Å². The lowest BCUT2D eigenvalue weighted by atomic mass is 10.0. The molecule has 2 heterocycles. The van der Waals surface area contributed by atoms with Crippen LogP contribution in [0.3, 0.4) is 0 Å². The average molecular weight is 338 g/mol. The van der Waals surface area contributed by atoms with Crippen molar-refractivity contribution in [3.05, 3.63) is 29.3 Å². The first-order valence-electron chi connectivity index (χ1n) is 7.85. The minimum atomic E-state index is -0.535. The first-order chi connectivity index (χ1) is 11.2. The average Bonchev–Trinajstić information content (AvgIpc) is 2.58. The highest BCUT2D eigenvalue weighted by Crippen LogP contribution is 2.28. The maximum atomic E-state index is 12.7. The molecule has 124 valence electrons. The summed E-state index contributed by atoms with van der Waals surface area (Å²) in [5, 5.41) is 6.46. The fourth-order valence-corrected chi connectivity index (χ4v) is 3.16. The standard InChI is InChI=1S/C16H20ClN3O3/c17-11-4-1-2-6-13(11)20-8-3-5-12(16(20)22)19-15(21)14-10-18-7-9-23-14/h1-2,4,6,12,14,18H,3,5,7-10H2,(H,19,21). The molecule has 2 aliphatic rings. The van der Waals surface area contributed by atoms with Crippen LogP contribution in [0.2, 0.25) is 5.02 Å². The van der Waals surface area contributed by atoms with Crippen molar-refractivity contribution in [2.45, 2.75) is 25.0 Å². The summed E-state index contributed by atoms with van der Waals surface area (Å²) in [6.45, 7) is 2.33. The highest BCUT2D eigenvalue weighted by Gasteiger charge is 2.33. The predicted molar refractivity (Wildman–Crippen MR) is 87.6 cm³/mol. The van der Waals surface area contributed by atoms with Gasteiger partial charge in [-0.05, 0) is 25.0 Å². The highest BCUT2D eigenvalue weighted by atomic mass is 35.5. The molecule has 0 aliphatic carbocycles. The normalized spacial score (nSPS) is 25.3. The Morgan fingerprint density at radius 3 is 2.96 bits per heavy atom. The number of rotatable bonds is 3. The third kappa shape index (κ3) is 3.65. The van der Waals surface area contributed by atoms with Crippen LogP contribution in [-0.4, -0.2) is 50.2 Å². The van der Waals surface area contributed by atoms with E-state index in [0.29, 0.717) is 36.8 Å². The Balaban J connectivity index is 1.67. The van der Waals surface area contributed by atoms with Crippen LogP contribution < -0.4 is 15.5 Å². The third-order valence-corrected chi connectivity index (χ3v) is 4.44. The molecule has 2 atom stereocenters. The van der Waals surface area contributed by atoms with Crippen LogP contribution in [0.15, 0.2) is 24.3 Å². The SMILES string of the molecule is O=C(NC1CCCN(c2ccccc2Cl)C1=O)C1CNCCO1. The van der Waals surface area contributed by atoms with Crippen molar-refractivity contribution in [2.24, 2.45) is 0 Å². The molecule has 23 heavy (non-hydrogen) atoms. The summed E-state index contributed by atoms with van der Waals surface area (Å²) >= 11 is 6.19. The van der Waals surface area contributed by atoms with Gasteiger partial charge in [-0.2, -0.15) is 0 Å². The number of nitrogens with zero attached hydrogens (tertiary/aromatic N) is 1. The Morgan fingerprint density at radius 1 is 1.39 bits per heavy atom. The maximum Gasteiger partial charge on any atom is 0.251 e. The van der Waals surface area contributed by atoms with Crippen molar-refractivity contribution in [3.63, 3.8) is 0 Å². The Hall–Kier alpha value is -1.63. The first kappa shape index (κ1) is 16.2. The van der Waals surface area contributed by atoms with E-state index in [-0.39, 0.29) is 11.8 Å². The van der Waals surface area contributed by atoms with Crippen molar-refractivity contribution in [1.29, 1.82) is 0 Å². The zero-order chi connectivity index (χ0) is 16.2. The van der Waals surface area contributed by atoms with Gasteiger partial charge in [-0.15, -0.1) is 0 Å². The van der Waals surface area contributed by atoms with Crippen LogP contribution >= 0.6 is 11.6 Å². The van der Waals surface area contributed by atoms with Gasteiger partial charge in [-0.25, -0.2) is 0 Å². The predicted octanol–water partition coefficient (Wildman–Crippen LogP) is 0.940. The Kier molecular flexibility index (Phi) is 5.15. The van der Waals surface area contributed by atoms with Crippen LogP contribution in [-0.2, 0) is 14.3 Å². The van der Waals surface area contributed by atoms with E-state index in [1.807, 2.05) is 18.2 Å². The summed E-state index contributed by atoms with van der Waals surface area (Å²) in [4.78, 5) is 26.6. The summed E-state index contributed by atoms with van der Waals surface area (Å²) < 4.78 is 5.43. The molecule has 2 saturated heterocycles. The molecule has 2 unspecified atom stereocenters. The molecule has 1 aromatic rings. The lowest BCUT2D eigenvalue weighted by molar-refractivity contribution is -0.137. The molecule has 1 aromatic carbocycles. The van der Waals surface area contributed by atoms with Gasteiger partial charge in [-0.3, -0.25) is 9.59 Å². The molecular weight excluding hydrogens is 318 g/mol. The maximum absolute atomic E-state index is 12.7. The van der Waals surface area contributed by atoms with Crippen LogP contribution in [0.25, 0.3) is 0 Å². The minimum absolute atomic E-state index is 0.124. The minimum Gasteiger partial charge on any atom is -0.366 e. The molecule has 2 aliphatic heterocycles. The lowest BCUT2D eigenvalue weighted by Gasteiger charge is -2.34.